The van der Waals surface area contributed by atoms with Crippen LogP contribution in [0.1, 0.15) is 20.7 Å². The van der Waals surface area contributed by atoms with Gasteiger partial charge in [0.15, 0.2) is 0 Å². The zero-order valence-corrected chi connectivity index (χ0v) is 14.6. The Morgan fingerprint density at radius 1 is 0.923 bits per heavy atom. The molecule has 0 unspecified atom stereocenters. The molecule has 0 radical (unpaired) electrons. The van der Waals surface area contributed by atoms with Crippen LogP contribution >= 0.6 is 0 Å². The first-order valence-electron chi connectivity index (χ1n) is 8.78. The summed E-state index contributed by atoms with van der Waals surface area (Å²) in [4.78, 5) is 27.1. The molecule has 0 atom stereocenters. The predicted octanol–water partition coefficient (Wildman–Crippen LogP) is 2.00. The quantitative estimate of drug-likeness (QED) is 0.833. The van der Waals surface area contributed by atoms with Gasteiger partial charge in [-0.15, -0.1) is 0 Å². The van der Waals surface area contributed by atoms with Crippen molar-refractivity contribution in [3.63, 3.8) is 0 Å². The Morgan fingerprint density at radius 3 is 2.38 bits per heavy atom. The van der Waals surface area contributed by atoms with Crippen LogP contribution < -0.4 is 10.6 Å². The smallest absolute Gasteiger partial charge is 0.255 e. The maximum absolute atomic E-state index is 12.5. The SMILES string of the molecule is O=C(Nc1ccccc1C(=O)NCCN1CCOCC1)c1ccccc1. The van der Waals surface area contributed by atoms with Gasteiger partial charge in [0.1, 0.15) is 0 Å². The van der Waals surface area contributed by atoms with Gasteiger partial charge in [-0.3, -0.25) is 14.5 Å². The first-order valence-corrected chi connectivity index (χ1v) is 8.78. The Morgan fingerprint density at radius 2 is 1.62 bits per heavy atom. The summed E-state index contributed by atoms with van der Waals surface area (Å²) in [6.45, 7) is 4.59. The molecule has 26 heavy (non-hydrogen) atoms. The largest absolute Gasteiger partial charge is 0.379 e. The molecule has 1 aliphatic rings. The molecule has 2 aromatic rings. The highest BCUT2D eigenvalue weighted by Crippen LogP contribution is 2.16. The molecule has 6 heteroatoms. The standard InChI is InChI=1S/C20H23N3O3/c24-19(16-6-2-1-3-7-16)22-18-9-5-4-8-17(18)20(25)21-10-11-23-12-14-26-15-13-23/h1-9H,10-15H2,(H,21,25)(H,22,24). The lowest BCUT2D eigenvalue weighted by atomic mass is 10.1. The molecule has 1 aliphatic heterocycles. The highest BCUT2D eigenvalue weighted by Gasteiger charge is 2.15. The second kappa shape index (κ2) is 9.12. The van der Waals surface area contributed by atoms with E-state index in [0.29, 0.717) is 23.4 Å². The molecular formula is C20H23N3O3. The number of morpholine rings is 1. The fourth-order valence-electron chi connectivity index (χ4n) is 2.82. The van der Waals surface area contributed by atoms with Gasteiger partial charge in [0.2, 0.25) is 0 Å². The van der Waals surface area contributed by atoms with E-state index in [2.05, 4.69) is 15.5 Å². The van der Waals surface area contributed by atoms with E-state index in [0.717, 1.165) is 32.8 Å². The van der Waals surface area contributed by atoms with Gasteiger partial charge in [-0.05, 0) is 24.3 Å². The van der Waals surface area contributed by atoms with Gasteiger partial charge < -0.3 is 15.4 Å². The van der Waals surface area contributed by atoms with Crippen molar-refractivity contribution in [2.75, 3.05) is 44.7 Å². The van der Waals surface area contributed by atoms with Crippen LogP contribution in [0.25, 0.3) is 0 Å². The minimum atomic E-state index is -0.237. The Balaban J connectivity index is 1.59. The second-order valence-corrected chi connectivity index (χ2v) is 6.08. The average molecular weight is 353 g/mol. The summed E-state index contributed by atoms with van der Waals surface area (Å²) in [5.74, 6) is -0.429. The number of benzene rings is 2. The van der Waals surface area contributed by atoms with Crippen molar-refractivity contribution in [3.8, 4) is 0 Å². The minimum Gasteiger partial charge on any atom is -0.379 e. The van der Waals surface area contributed by atoms with E-state index in [4.69, 9.17) is 4.74 Å². The van der Waals surface area contributed by atoms with Crippen molar-refractivity contribution >= 4 is 17.5 Å². The summed E-state index contributed by atoms with van der Waals surface area (Å²) in [5, 5.41) is 5.75. The second-order valence-electron chi connectivity index (χ2n) is 6.08. The molecular weight excluding hydrogens is 330 g/mol. The number of nitrogens with one attached hydrogen (secondary N) is 2. The highest BCUT2D eigenvalue weighted by molar-refractivity contribution is 6.08. The Bertz CT molecular complexity index is 743. The fourth-order valence-corrected chi connectivity index (χ4v) is 2.82. The van der Waals surface area contributed by atoms with E-state index in [1.807, 2.05) is 6.07 Å². The van der Waals surface area contributed by atoms with Crippen LogP contribution in [0.4, 0.5) is 5.69 Å². The lowest BCUT2D eigenvalue weighted by Crippen LogP contribution is -2.41. The molecule has 1 heterocycles. The van der Waals surface area contributed by atoms with E-state index in [-0.39, 0.29) is 11.8 Å². The zero-order chi connectivity index (χ0) is 18.2. The van der Waals surface area contributed by atoms with Crippen molar-refractivity contribution < 1.29 is 14.3 Å². The molecule has 0 aromatic heterocycles. The monoisotopic (exact) mass is 353 g/mol. The number of ether oxygens (including phenoxy) is 1. The average Bonchev–Trinajstić information content (AvgIpc) is 2.70. The van der Waals surface area contributed by atoms with Crippen LogP contribution in [0.5, 0.6) is 0 Å². The number of rotatable bonds is 6. The van der Waals surface area contributed by atoms with Crippen LogP contribution in [0.15, 0.2) is 54.6 Å². The molecule has 3 rings (SSSR count). The fraction of sp³-hybridized carbons (Fsp3) is 0.300. The van der Waals surface area contributed by atoms with E-state index in [1.54, 1.807) is 48.5 Å². The van der Waals surface area contributed by atoms with Gasteiger partial charge in [-0.1, -0.05) is 30.3 Å². The normalized spacial score (nSPS) is 14.6. The van der Waals surface area contributed by atoms with Crippen LogP contribution in [0.3, 0.4) is 0 Å². The number of para-hydroxylation sites is 1. The van der Waals surface area contributed by atoms with E-state index in [9.17, 15) is 9.59 Å². The summed E-state index contributed by atoms with van der Waals surface area (Å²) in [6.07, 6.45) is 0. The Labute approximate surface area is 153 Å². The maximum Gasteiger partial charge on any atom is 0.255 e. The summed E-state index contributed by atoms with van der Waals surface area (Å²) in [5.41, 5.74) is 1.51. The van der Waals surface area contributed by atoms with Gasteiger partial charge in [0.25, 0.3) is 11.8 Å². The number of hydrogen-bond donors (Lipinski definition) is 2. The third kappa shape index (κ3) is 4.91. The molecule has 2 aromatic carbocycles. The lowest BCUT2D eigenvalue weighted by Gasteiger charge is -2.26. The van der Waals surface area contributed by atoms with Crippen molar-refractivity contribution in [2.24, 2.45) is 0 Å². The minimum absolute atomic E-state index is 0.192. The summed E-state index contributed by atoms with van der Waals surface area (Å²) >= 11 is 0. The highest BCUT2D eigenvalue weighted by atomic mass is 16.5. The van der Waals surface area contributed by atoms with Gasteiger partial charge in [0, 0.05) is 31.7 Å². The van der Waals surface area contributed by atoms with Crippen molar-refractivity contribution in [3.05, 3.63) is 65.7 Å². The first-order chi connectivity index (χ1) is 12.7. The molecule has 136 valence electrons. The molecule has 6 nitrogen and oxygen atoms in total. The Kier molecular flexibility index (Phi) is 6.35. The number of anilines is 1. The molecule has 2 amide bonds. The van der Waals surface area contributed by atoms with E-state index >= 15 is 0 Å². The van der Waals surface area contributed by atoms with Crippen LogP contribution in [0, 0.1) is 0 Å². The number of hydrogen-bond acceptors (Lipinski definition) is 4. The molecule has 0 bridgehead atoms. The summed E-state index contributed by atoms with van der Waals surface area (Å²) in [6, 6.07) is 16.0. The molecule has 0 spiro atoms. The molecule has 1 fully saturated rings. The zero-order valence-electron chi connectivity index (χ0n) is 14.6. The van der Waals surface area contributed by atoms with E-state index < -0.39 is 0 Å². The lowest BCUT2D eigenvalue weighted by molar-refractivity contribution is 0.0383. The number of nitrogens with zero attached hydrogens (tertiary/aromatic N) is 1. The number of carbonyl (C=O) groups excluding carboxylic acids is 2. The third-order valence-electron chi connectivity index (χ3n) is 4.27. The van der Waals surface area contributed by atoms with Crippen LogP contribution in [-0.4, -0.2) is 56.1 Å². The predicted molar refractivity (Wildman–Crippen MR) is 100 cm³/mol. The van der Waals surface area contributed by atoms with Gasteiger partial charge in [0.05, 0.1) is 24.5 Å². The molecule has 1 saturated heterocycles. The first kappa shape index (κ1) is 18.1. The topological polar surface area (TPSA) is 70.7 Å². The van der Waals surface area contributed by atoms with Gasteiger partial charge in [-0.2, -0.15) is 0 Å². The van der Waals surface area contributed by atoms with Gasteiger partial charge in [-0.25, -0.2) is 0 Å². The van der Waals surface area contributed by atoms with Crippen molar-refractivity contribution in [1.29, 1.82) is 0 Å². The van der Waals surface area contributed by atoms with E-state index in [1.165, 1.54) is 0 Å². The third-order valence-corrected chi connectivity index (χ3v) is 4.27. The molecule has 2 N–H and O–H groups in total. The van der Waals surface area contributed by atoms with Gasteiger partial charge >= 0.3 is 0 Å². The number of amides is 2. The Hall–Kier alpha value is -2.70. The summed E-state index contributed by atoms with van der Waals surface area (Å²) < 4.78 is 5.32. The van der Waals surface area contributed by atoms with Crippen molar-refractivity contribution in [2.45, 2.75) is 0 Å². The number of carbonyl (C=O) groups is 2. The molecule has 0 aliphatic carbocycles. The molecule has 0 saturated carbocycles. The van der Waals surface area contributed by atoms with Crippen LogP contribution in [0.2, 0.25) is 0 Å². The summed E-state index contributed by atoms with van der Waals surface area (Å²) in [7, 11) is 0. The van der Waals surface area contributed by atoms with Crippen LogP contribution in [-0.2, 0) is 4.74 Å². The van der Waals surface area contributed by atoms with Crippen molar-refractivity contribution in [1.82, 2.24) is 10.2 Å². The maximum atomic E-state index is 12.5.